The van der Waals surface area contributed by atoms with Gasteiger partial charge >= 0.3 is 0 Å². The molecule has 0 bridgehead atoms. The molecule has 1 aliphatic rings. The zero-order chi connectivity index (χ0) is 13.0. The average molecular weight is 247 g/mol. The van der Waals surface area contributed by atoms with Crippen LogP contribution in [0.4, 0.5) is 0 Å². The van der Waals surface area contributed by atoms with Gasteiger partial charge in [0.05, 0.1) is 13.7 Å². The largest absolute Gasteiger partial charge is 0.493 e. The molecule has 1 aromatic rings. The Morgan fingerprint density at radius 1 is 1.50 bits per heavy atom. The second-order valence-corrected chi connectivity index (χ2v) is 4.16. The number of amides is 1. The molecule has 1 heterocycles. The van der Waals surface area contributed by atoms with Gasteiger partial charge in [0.1, 0.15) is 5.75 Å². The Hall–Kier alpha value is -1.81. The van der Waals surface area contributed by atoms with Crippen LogP contribution in [0.5, 0.6) is 5.75 Å². The van der Waals surface area contributed by atoms with Crippen molar-refractivity contribution in [3.63, 3.8) is 0 Å². The summed E-state index contributed by atoms with van der Waals surface area (Å²) in [7, 11) is 3.06. The maximum Gasteiger partial charge on any atom is 0.269 e. The van der Waals surface area contributed by atoms with E-state index >= 15 is 0 Å². The van der Waals surface area contributed by atoms with Gasteiger partial charge in [0.2, 0.25) is 0 Å². The molecule has 1 aromatic carbocycles. The van der Waals surface area contributed by atoms with E-state index in [1.807, 2.05) is 30.3 Å². The van der Waals surface area contributed by atoms with E-state index in [1.54, 1.807) is 13.1 Å². The van der Waals surface area contributed by atoms with Crippen molar-refractivity contribution in [3.05, 3.63) is 42.0 Å². The number of allylic oxidation sites excluding steroid dienone is 1. The number of likely N-dealkylation sites (N-methyl/N-ethyl adjacent to an activating group) is 1. The number of para-hydroxylation sites is 1. The molecule has 0 aromatic heterocycles. The van der Waals surface area contributed by atoms with Gasteiger partial charge in [0, 0.05) is 24.6 Å². The van der Waals surface area contributed by atoms with Crippen LogP contribution in [0.15, 0.2) is 36.4 Å². The Kier molecular flexibility index (Phi) is 3.99. The van der Waals surface area contributed by atoms with Crippen LogP contribution >= 0.6 is 0 Å². The van der Waals surface area contributed by atoms with Gasteiger partial charge in [-0.3, -0.25) is 9.63 Å². The van der Waals surface area contributed by atoms with Crippen molar-refractivity contribution >= 4 is 5.91 Å². The minimum Gasteiger partial charge on any atom is -0.493 e. The quantitative estimate of drug-likeness (QED) is 0.606. The summed E-state index contributed by atoms with van der Waals surface area (Å²) in [5, 5.41) is 1.20. The SMILES string of the molecule is CON(C)C(=O)C=CC1CCOc2ccccc21. The number of carbonyl (C=O) groups is 1. The Balaban J connectivity index is 2.12. The Bertz CT molecular complexity index is 456. The molecule has 2 rings (SSSR count). The van der Waals surface area contributed by atoms with Crippen molar-refractivity contribution in [2.24, 2.45) is 0 Å². The lowest BCUT2D eigenvalue weighted by atomic mass is 9.93. The Morgan fingerprint density at radius 2 is 2.28 bits per heavy atom. The van der Waals surface area contributed by atoms with Crippen LogP contribution in [0.1, 0.15) is 17.9 Å². The first-order valence-electron chi connectivity index (χ1n) is 5.94. The number of hydroxylamine groups is 2. The first-order chi connectivity index (χ1) is 8.72. The second kappa shape index (κ2) is 5.69. The fraction of sp³-hybridized carbons (Fsp3) is 0.357. The van der Waals surface area contributed by atoms with E-state index in [4.69, 9.17) is 9.57 Å². The number of rotatable bonds is 3. The highest BCUT2D eigenvalue weighted by atomic mass is 16.7. The number of hydrogen-bond donors (Lipinski definition) is 0. The molecule has 96 valence electrons. The summed E-state index contributed by atoms with van der Waals surface area (Å²) in [6, 6.07) is 7.93. The molecule has 1 amide bonds. The summed E-state index contributed by atoms with van der Waals surface area (Å²) in [5.41, 5.74) is 1.13. The molecule has 0 aliphatic carbocycles. The first kappa shape index (κ1) is 12.6. The predicted molar refractivity (Wildman–Crippen MR) is 68.2 cm³/mol. The zero-order valence-electron chi connectivity index (χ0n) is 10.6. The normalized spacial score (nSPS) is 18.2. The highest BCUT2D eigenvalue weighted by Crippen LogP contribution is 2.33. The summed E-state index contributed by atoms with van der Waals surface area (Å²) in [6.07, 6.45) is 4.35. The monoisotopic (exact) mass is 247 g/mol. The lowest BCUT2D eigenvalue weighted by molar-refractivity contribution is -0.162. The van der Waals surface area contributed by atoms with E-state index in [9.17, 15) is 4.79 Å². The van der Waals surface area contributed by atoms with Gasteiger partial charge in [-0.15, -0.1) is 0 Å². The third-order valence-corrected chi connectivity index (χ3v) is 3.06. The lowest BCUT2D eigenvalue weighted by Gasteiger charge is -2.23. The van der Waals surface area contributed by atoms with Crippen LogP contribution in [0.25, 0.3) is 0 Å². The van der Waals surface area contributed by atoms with Gasteiger partial charge in [-0.1, -0.05) is 24.3 Å². The number of carbonyl (C=O) groups excluding carboxylic acids is 1. The van der Waals surface area contributed by atoms with E-state index < -0.39 is 0 Å². The molecule has 1 aliphatic heterocycles. The average Bonchev–Trinajstić information content (AvgIpc) is 2.43. The van der Waals surface area contributed by atoms with Crippen molar-refractivity contribution in [2.75, 3.05) is 20.8 Å². The van der Waals surface area contributed by atoms with Crippen molar-refractivity contribution < 1.29 is 14.4 Å². The van der Waals surface area contributed by atoms with Crippen LogP contribution in [-0.2, 0) is 9.63 Å². The van der Waals surface area contributed by atoms with Crippen LogP contribution in [0.3, 0.4) is 0 Å². The smallest absolute Gasteiger partial charge is 0.269 e. The summed E-state index contributed by atoms with van der Waals surface area (Å²) in [4.78, 5) is 16.4. The summed E-state index contributed by atoms with van der Waals surface area (Å²) in [5.74, 6) is 0.969. The van der Waals surface area contributed by atoms with Crippen molar-refractivity contribution in [1.82, 2.24) is 5.06 Å². The van der Waals surface area contributed by atoms with Gasteiger partial charge in [0.15, 0.2) is 0 Å². The van der Waals surface area contributed by atoms with Gasteiger partial charge in [0.25, 0.3) is 5.91 Å². The summed E-state index contributed by atoms with van der Waals surface area (Å²) in [6.45, 7) is 0.681. The molecule has 1 atom stereocenters. The molecule has 4 nitrogen and oxygen atoms in total. The van der Waals surface area contributed by atoms with E-state index in [-0.39, 0.29) is 11.8 Å². The highest BCUT2D eigenvalue weighted by molar-refractivity contribution is 5.86. The zero-order valence-corrected chi connectivity index (χ0v) is 10.6. The van der Waals surface area contributed by atoms with Gasteiger partial charge in [-0.05, 0) is 12.5 Å². The number of benzene rings is 1. The molecular formula is C14H17NO3. The second-order valence-electron chi connectivity index (χ2n) is 4.16. The fourth-order valence-corrected chi connectivity index (χ4v) is 1.96. The number of nitrogens with zero attached hydrogens (tertiary/aromatic N) is 1. The molecule has 4 heteroatoms. The molecule has 0 radical (unpaired) electrons. The molecule has 1 unspecified atom stereocenters. The molecule has 0 saturated heterocycles. The van der Waals surface area contributed by atoms with E-state index in [2.05, 4.69) is 0 Å². The molecule has 0 N–H and O–H groups in total. The first-order valence-corrected chi connectivity index (χ1v) is 5.94. The highest BCUT2D eigenvalue weighted by Gasteiger charge is 2.18. The van der Waals surface area contributed by atoms with E-state index in [0.717, 1.165) is 17.7 Å². The van der Waals surface area contributed by atoms with Crippen molar-refractivity contribution in [1.29, 1.82) is 0 Å². The Morgan fingerprint density at radius 3 is 3.06 bits per heavy atom. The van der Waals surface area contributed by atoms with Crippen LogP contribution < -0.4 is 4.74 Å². The fourth-order valence-electron chi connectivity index (χ4n) is 1.96. The summed E-state index contributed by atoms with van der Waals surface area (Å²) < 4.78 is 5.58. The Labute approximate surface area is 107 Å². The number of fused-ring (bicyclic) bond motifs is 1. The molecule has 0 saturated carbocycles. The molecule has 0 fully saturated rings. The van der Waals surface area contributed by atoms with Gasteiger partial charge < -0.3 is 4.74 Å². The number of ether oxygens (including phenoxy) is 1. The minimum absolute atomic E-state index is 0.165. The number of hydrogen-bond acceptors (Lipinski definition) is 3. The maximum absolute atomic E-state index is 11.6. The van der Waals surface area contributed by atoms with Crippen LogP contribution in [0.2, 0.25) is 0 Å². The third-order valence-electron chi connectivity index (χ3n) is 3.06. The van der Waals surface area contributed by atoms with Crippen LogP contribution in [-0.4, -0.2) is 31.7 Å². The van der Waals surface area contributed by atoms with Crippen molar-refractivity contribution in [2.45, 2.75) is 12.3 Å². The summed E-state index contributed by atoms with van der Waals surface area (Å²) >= 11 is 0. The van der Waals surface area contributed by atoms with Crippen molar-refractivity contribution in [3.8, 4) is 5.75 Å². The minimum atomic E-state index is -0.165. The third kappa shape index (κ3) is 2.71. The van der Waals surface area contributed by atoms with E-state index in [0.29, 0.717) is 6.61 Å². The van der Waals surface area contributed by atoms with E-state index in [1.165, 1.54) is 12.2 Å². The predicted octanol–water partition coefficient (Wildman–Crippen LogP) is 2.13. The lowest BCUT2D eigenvalue weighted by Crippen LogP contribution is -2.23. The topological polar surface area (TPSA) is 38.8 Å². The molecule has 18 heavy (non-hydrogen) atoms. The van der Waals surface area contributed by atoms with Gasteiger partial charge in [-0.25, -0.2) is 5.06 Å². The maximum atomic E-state index is 11.6. The standard InChI is InChI=1S/C14H17NO3/c1-15(17-2)14(16)8-7-11-9-10-18-13-6-4-3-5-12(11)13/h3-8,11H,9-10H2,1-2H3. The van der Waals surface area contributed by atoms with Crippen LogP contribution in [0, 0.1) is 0 Å². The molecule has 0 spiro atoms. The van der Waals surface area contributed by atoms with Gasteiger partial charge in [-0.2, -0.15) is 0 Å². The molecular weight excluding hydrogens is 230 g/mol.